The molecule has 4 N–H and O–H groups in total. The van der Waals surface area contributed by atoms with Crippen LogP contribution in [0.3, 0.4) is 0 Å². The van der Waals surface area contributed by atoms with Crippen LogP contribution in [0.5, 0.6) is 0 Å². The van der Waals surface area contributed by atoms with Gasteiger partial charge in [0.2, 0.25) is 11.8 Å². The fraction of sp³-hybridized carbons (Fsp3) is 0.426. The van der Waals surface area contributed by atoms with E-state index in [0.717, 1.165) is 68.8 Å². The molecular weight excluding hydrogens is 759 g/mol. The number of aromatic nitrogens is 3. The Kier molecular flexibility index (Phi) is 12.3. The number of hydrogen-bond donors (Lipinski definition) is 4. The van der Waals surface area contributed by atoms with E-state index >= 15 is 0 Å². The van der Waals surface area contributed by atoms with Crippen molar-refractivity contribution in [3.63, 3.8) is 0 Å². The highest BCUT2D eigenvalue weighted by molar-refractivity contribution is 5.89. The number of amides is 4. The summed E-state index contributed by atoms with van der Waals surface area (Å²) >= 11 is 0. The second-order valence-electron chi connectivity index (χ2n) is 17.3. The molecule has 316 valence electrons. The molecule has 0 aliphatic carbocycles. The number of aromatic amines is 2. The molecule has 0 radical (unpaired) electrons. The van der Waals surface area contributed by atoms with E-state index in [1.807, 2.05) is 43.7 Å². The first-order valence-electron chi connectivity index (χ1n) is 20.9. The summed E-state index contributed by atoms with van der Waals surface area (Å²) in [4.78, 5) is 67.1. The largest absolute Gasteiger partial charge is 0.453 e. The van der Waals surface area contributed by atoms with Crippen molar-refractivity contribution in [3.8, 4) is 33.5 Å². The number of benzene rings is 3. The molecule has 0 spiro atoms. The standard InChI is InChI=1S/C47H57N7O6/c1-26(2)41(51-46(57)59-7)44(55)53-24-28(5)19-39(53)37-22-35-21-34(17-18-36(35)49-37)32-11-9-30(10-12-32)31-13-15-33(16-14-31)38-23-48-43(50-38)40-20-29(6)25-54(40)45(56)42(27(3)4)52-47(58)60-8/h9-18,21-23,26-29,39-42,49H,19-20,24-25H2,1-8H3,(H,48,50)(H,51,57)(H,52,58)/t28-,29-,39-,40-,41-,42-/m0/s1. The molecule has 4 heterocycles. The first kappa shape index (κ1) is 42.0. The zero-order valence-electron chi connectivity index (χ0n) is 35.7. The van der Waals surface area contributed by atoms with Crippen LogP contribution >= 0.6 is 0 Å². The summed E-state index contributed by atoms with van der Waals surface area (Å²) in [6.07, 6.45) is 2.19. The van der Waals surface area contributed by atoms with Gasteiger partial charge in [0.05, 0.1) is 38.2 Å². The van der Waals surface area contributed by atoms with Crippen molar-refractivity contribution in [1.82, 2.24) is 35.4 Å². The molecule has 2 aromatic heterocycles. The molecule has 0 bridgehead atoms. The van der Waals surface area contributed by atoms with E-state index in [2.05, 4.69) is 107 Å². The zero-order valence-corrected chi connectivity index (χ0v) is 35.7. The average molecular weight is 816 g/mol. The van der Waals surface area contributed by atoms with Crippen LogP contribution < -0.4 is 10.6 Å². The quantitative estimate of drug-likeness (QED) is 0.104. The summed E-state index contributed by atoms with van der Waals surface area (Å²) in [7, 11) is 2.60. The Bertz CT molecular complexity index is 2330. The minimum Gasteiger partial charge on any atom is -0.453 e. The van der Waals surface area contributed by atoms with Gasteiger partial charge in [-0.2, -0.15) is 0 Å². The first-order chi connectivity index (χ1) is 28.7. The Balaban J connectivity index is 1.03. The van der Waals surface area contributed by atoms with Gasteiger partial charge in [0.1, 0.15) is 17.9 Å². The molecule has 7 rings (SSSR count). The smallest absolute Gasteiger partial charge is 0.407 e. The van der Waals surface area contributed by atoms with E-state index in [-0.39, 0.29) is 41.7 Å². The summed E-state index contributed by atoms with van der Waals surface area (Å²) < 4.78 is 9.59. The number of rotatable bonds is 11. The van der Waals surface area contributed by atoms with Gasteiger partial charge in [0.25, 0.3) is 0 Å². The monoisotopic (exact) mass is 815 g/mol. The zero-order chi connectivity index (χ0) is 42.8. The van der Waals surface area contributed by atoms with Crippen LogP contribution in [0.2, 0.25) is 0 Å². The maximum absolute atomic E-state index is 13.8. The van der Waals surface area contributed by atoms with Crippen LogP contribution in [0.25, 0.3) is 44.4 Å². The van der Waals surface area contributed by atoms with Crippen molar-refractivity contribution >= 4 is 34.9 Å². The Morgan fingerprint density at radius 1 is 0.650 bits per heavy atom. The molecule has 6 atom stereocenters. The van der Waals surface area contributed by atoms with Crippen LogP contribution in [-0.4, -0.2) is 88.1 Å². The van der Waals surface area contributed by atoms with Crippen LogP contribution in [0.1, 0.15) is 78.0 Å². The van der Waals surface area contributed by atoms with E-state index in [0.29, 0.717) is 19.0 Å². The molecule has 4 amide bonds. The van der Waals surface area contributed by atoms with Gasteiger partial charge in [-0.15, -0.1) is 0 Å². The minimum absolute atomic E-state index is 0.0950. The Morgan fingerprint density at radius 2 is 1.12 bits per heavy atom. The summed E-state index contributed by atoms with van der Waals surface area (Å²) in [5.74, 6) is 0.888. The van der Waals surface area contributed by atoms with Crippen LogP contribution in [0.15, 0.2) is 79.0 Å². The molecule has 2 aliphatic rings. The van der Waals surface area contributed by atoms with Crippen molar-refractivity contribution in [1.29, 1.82) is 0 Å². The average Bonchev–Trinajstić information content (AvgIpc) is 4.06. The molecule has 13 heteroatoms. The molecule has 5 aromatic rings. The number of fused-ring (bicyclic) bond motifs is 1. The summed E-state index contributed by atoms with van der Waals surface area (Å²) in [6, 6.07) is 23.7. The Morgan fingerprint density at radius 3 is 1.63 bits per heavy atom. The number of hydrogen-bond acceptors (Lipinski definition) is 7. The molecular formula is C47H57N7O6. The molecule has 2 fully saturated rings. The number of methoxy groups -OCH3 is 2. The van der Waals surface area contributed by atoms with Crippen molar-refractivity contribution < 1.29 is 28.7 Å². The lowest BCUT2D eigenvalue weighted by Crippen LogP contribution is -2.51. The highest BCUT2D eigenvalue weighted by Crippen LogP contribution is 2.39. The van der Waals surface area contributed by atoms with Crippen LogP contribution in [0, 0.1) is 23.7 Å². The molecule has 60 heavy (non-hydrogen) atoms. The van der Waals surface area contributed by atoms with Gasteiger partial charge in [0, 0.05) is 29.7 Å². The fourth-order valence-electron chi connectivity index (χ4n) is 8.75. The van der Waals surface area contributed by atoms with E-state index in [1.165, 1.54) is 14.2 Å². The third kappa shape index (κ3) is 8.76. The predicted molar refractivity (Wildman–Crippen MR) is 232 cm³/mol. The van der Waals surface area contributed by atoms with Crippen molar-refractivity contribution in [2.24, 2.45) is 23.7 Å². The molecule has 0 saturated carbocycles. The number of carbonyl (C=O) groups is 4. The topological polar surface area (TPSA) is 162 Å². The van der Waals surface area contributed by atoms with Crippen LogP contribution in [0.4, 0.5) is 9.59 Å². The Hall–Kier alpha value is -6.11. The highest BCUT2D eigenvalue weighted by atomic mass is 16.5. The van der Waals surface area contributed by atoms with Gasteiger partial charge in [-0.25, -0.2) is 14.6 Å². The lowest BCUT2D eigenvalue weighted by molar-refractivity contribution is -0.136. The SMILES string of the molecule is COC(=O)N[C@H](C(=O)N1C[C@@H](C)C[C@H]1c1cc2cc(-c3ccc(-c4ccc(-c5cnc([C@@H]6C[C@H](C)CN6C(=O)[C@@H](NC(=O)OC)C(C)C)[nH]5)cc4)cc3)ccc2[nH]1)C(C)C. The maximum atomic E-state index is 13.8. The van der Waals surface area contributed by atoms with Gasteiger partial charge >= 0.3 is 12.2 Å². The number of imidazole rings is 1. The molecule has 2 aliphatic heterocycles. The van der Waals surface area contributed by atoms with Crippen molar-refractivity contribution in [2.45, 2.75) is 78.6 Å². The third-order valence-electron chi connectivity index (χ3n) is 12.0. The first-order valence-corrected chi connectivity index (χ1v) is 20.9. The van der Waals surface area contributed by atoms with E-state index in [1.54, 1.807) is 0 Å². The number of nitrogens with zero attached hydrogens (tertiary/aromatic N) is 3. The van der Waals surface area contributed by atoms with E-state index < -0.39 is 24.3 Å². The molecule has 0 unspecified atom stereocenters. The second kappa shape index (κ2) is 17.6. The lowest BCUT2D eigenvalue weighted by Gasteiger charge is -2.30. The number of nitrogens with one attached hydrogen (secondary N) is 4. The number of alkyl carbamates (subject to hydrolysis) is 2. The van der Waals surface area contributed by atoms with E-state index in [9.17, 15) is 19.2 Å². The van der Waals surface area contributed by atoms with Gasteiger partial charge in [-0.05, 0) is 82.5 Å². The summed E-state index contributed by atoms with van der Waals surface area (Å²) in [6.45, 7) is 13.1. The van der Waals surface area contributed by atoms with Gasteiger partial charge < -0.3 is 39.9 Å². The number of H-pyrrole nitrogens is 2. The van der Waals surface area contributed by atoms with Crippen molar-refractivity contribution in [3.05, 3.63) is 90.5 Å². The van der Waals surface area contributed by atoms with Gasteiger partial charge in [0.15, 0.2) is 0 Å². The van der Waals surface area contributed by atoms with E-state index in [4.69, 9.17) is 14.5 Å². The second-order valence-corrected chi connectivity index (χ2v) is 17.3. The van der Waals surface area contributed by atoms with Gasteiger partial charge in [-0.3, -0.25) is 9.59 Å². The summed E-state index contributed by atoms with van der Waals surface area (Å²) in [5, 5.41) is 6.53. The molecule has 3 aromatic carbocycles. The molecule has 13 nitrogen and oxygen atoms in total. The number of carbonyl (C=O) groups excluding carboxylic acids is 4. The van der Waals surface area contributed by atoms with Crippen LogP contribution in [-0.2, 0) is 19.1 Å². The maximum Gasteiger partial charge on any atom is 0.407 e. The normalized spacial score (nSPS) is 20.1. The van der Waals surface area contributed by atoms with Gasteiger partial charge in [-0.1, -0.05) is 96.1 Å². The number of likely N-dealkylation sites (tertiary alicyclic amines) is 2. The third-order valence-corrected chi connectivity index (χ3v) is 12.0. The summed E-state index contributed by atoms with van der Waals surface area (Å²) in [5.41, 5.74) is 8.22. The predicted octanol–water partition coefficient (Wildman–Crippen LogP) is 8.47. The lowest BCUT2D eigenvalue weighted by atomic mass is 9.98. The van der Waals surface area contributed by atoms with Crippen molar-refractivity contribution in [2.75, 3.05) is 27.3 Å². The number of ether oxygens (including phenoxy) is 2. The molecule has 2 saturated heterocycles. The highest BCUT2D eigenvalue weighted by Gasteiger charge is 2.41. The fourth-order valence-corrected chi connectivity index (χ4v) is 8.75. The minimum atomic E-state index is -0.696. The Labute approximate surface area is 351 Å².